The molecule has 0 spiro atoms. The van der Waals surface area contributed by atoms with E-state index < -0.39 is 17.2 Å². The third-order valence-corrected chi connectivity index (χ3v) is 4.01. The van der Waals surface area contributed by atoms with Gasteiger partial charge in [-0.2, -0.15) is 0 Å². The van der Waals surface area contributed by atoms with Gasteiger partial charge in [-0.15, -0.1) is 0 Å². The third-order valence-electron chi connectivity index (χ3n) is 4.01. The predicted molar refractivity (Wildman–Crippen MR) is 71.0 cm³/mol. The summed E-state index contributed by atoms with van der Waals surface area (Å²) >= 11 is 0. The molecule has 1 fully saturated rings. The Hall–Kier alpha value is -1.00. The molecule has 0 unspecified atom stereocenters. The van der Waals surface area contributed by atoms with E-state index in [9.17, 15) is 13.9 Å². The van der Waals surface area contributed by atoms with Gasteiger partial charge in [0.25, 0.3) is 0 Å². The van der Waals surface area contributed by atoms with Gasteiger partial charge in [-0.3, -0.25) is 0 Å². The van der Waals surface area contributed by atoms with Gasteiger partial charge in [0, 0.05) is 25.6 Å². The van der Waals surface area contributed by atoms with E-state index in [4.69, 9.17) is 0 Å². The zero-order valence-corrected chi connectivity index (χ0v) is 11.5. The van der Waals surface area contributed by atoms with E-state index >= 15 is 0 Å². The van der Waals surface area contributed by atoms with Crippen LogP contribution in [-0.2, 0) is 6.42 Å². The van der Waals surface area contributed by atoms with Crippen LogP contribution < -0.4 is 0 Å². The van der Waals surface area contributed by atoms with Crippen molar-refractivity contribution in [2.24, 2.45) is 0 Å². The first kappa shape index (κ1) is 14.4. The minimum absolute atomic E-state index is 0.183. The summed E-state index contributed by atoms with van der Waals surface area (Å²) in [6.45, 7) is 5.84. The lowest BCUT2D eigenvalue weighted by Crippen LogP contribution is -2.47. The van der Waals surface area contributed by atoms with Gasteiger partial charge in [-0.1, -0.05) is 12.1 Å². The average Bonchev–Trinajstić information content (AvgIpc) is 2.35. The molecule has 2 nitrogen and oxygen atoms in total. The molecule has 1 heterocycles. The summed E-state index contributed by atoms with van der Waals surface area (Å²) in [5.41, 5.74) is -0.652. The van der Waals surface area contributed by atoms with Gasteiger partial charge in [0.15, 0.2) is 11.6 Å². The van der Waals surface area contributed by atoms with Crippen molar-refractivity contribution >= 4 is 0 Å². The van der Waals surface area contributed by atoms with E-state index in [0.717, 1.165) is 19.2 Å². The highest BCUT2D eigenvalue weighted by molar-refractivity contribution is 5.21. The van der Waals surface area contributed by atoms with Crippen LogP contribution in [0.3, 0.4) is 0 Å². The lowest BCUT2D eigenvalue weighted by atomic mass is 9.85. The Kier molecular flexibility index (Phi) is 4.21. The summed E-state index contributed by atoms with van der Waals surface area (Å²) in [6, 6.07) is 4.59. The molecule has 1 N–H and O–H groups in total. The Morgan fingerprint density at radius 3 is 2.47 bits per heavy atom. The summed E-state index contributed by atoms with van der Waals surface area (Å²) in [7, 11) is 0. The first-order chi connectivity index (χ1) is 8.91. The van der Waals surface area contributed by atoms with Crippen LogP contribution in [0.5, 0.6) is 0 Å². The van der Waals surface area contributed by atoms with E-state index in [1.807, 2.05) is 0 Å². The topological polar surface area (TPSA) is 23.5 Å². The summed E-state index contributed by atoms with van der Waals surface area (Å²) in [4.78, 5) is 2.29. The fourth-order valence-corrected chi connectivity index (χ4v) is 2.67. The second-order valence-corrected chi connectivity index (χ2v) is 5.74. The maximum Gasteiger partial charge on any atom is 0.162 e. The predicted octanol–water partition coefficient (Wildman–Crippen LogP) is 2.74. The molecule has 0 aliphatic carbocycles. The standard InChI is InChI=1S/C15H21F2NO/c1-11(2)18-8-6-15(19,7-9-18)10-12-4-3-5-13(16)14(12)17/h3-5,11,19H,6-10H2,1-2H3. The van der Waals surface area contributed by atoms with Crippen molar-refractivity contribution in [3.63, 3.8) is 0 Å². The fraction of sp³-hybridized carbons (Fsp3) is 0.600. The number of benzene rings is 1. The van der Waals surface area contributed by atoms with Gasteiger partial charge in [-0.25, -0.2) is 8.78 Å². The van der Waals surface area contributed by atoms with Gasteiger partial charge >= 0.3 is 0 Å². The minimum Gasteiger partial charge on any atom is -0.389 e. The lowest BCUT2D eigenvalue weighted by molar-refractivity contribution is -0.0277. The number of nitrogens with zero attached hydrogens (tertiary/aromatic N) is 1. The van der Waals surface area contributed by atoms with Gasteiger partial charge in [0.1, 0.15) is 0 Å². The van der Waals surface area contributed by atoms with Crippen molar-refractivity contribution < 1.29 is 13.9 Å². The Bertz CT molecular complexity index is 440. The highest BCUT2D eigenvalue weighted by Gasteiger charge is 2.34. The monoisotopic (exact) mass is 269 g/mol. The highest BCUT2D eigenvalue weighted by atomic mass is 19.2. The van der Waals surface area contributed by atoms with Gasteiger partial charge in [0.2, 0.25) is 0 Å². The number of rotatable bonds is 3. The molecule has 106 valence electrons. The average molecular weight is 269 g/mol. The Morgan fingerprint density at radius 1 is 1.26 bits per heavy atom. The van der Waals surface area contributed by atoms with Gasteiger partial charge in [-0.05, 0) is 38.3 Å². The number of piperidine rings is 1. The molecule has 1 aliphatic heterocycles. The van der Waals surface area contributed by atoms with Crippen LogP contribution in [0.1, 0.15) is 32.3 Å². The van der Waals surface area contributed by atoms with Crippen molar-refractivity contribution in [3.8, 4) is 0 Å². The van der Waals surface area contributed by atoms with Crippen LogP contribution in [0, 0.1) is 11.6 Å². The van der Waals surface area contributed by atoms with Gasteiger partial charge in [0.05, 0.1) is 5.60 Å². The van der Waals surface area contributed by atoms with E-state index in [2.05, 4.69) is 18.7 Å². The smallest absolute Gasteiger partial charge is 0.162 e. The zero-order chi connectivity index (χ0) is 14.0. The number of aliphatic hydroxyl groups is 1. The Balaban J connectivity index is 2.05. The van der Waals surface area contributed by atoms with Crippen LogP contribution in [0.2, 0.25) is 0 Å². The Labute approximate surface area is 113 Å². The molecule has 1 saturated heterocycles. The molecule has 4 heteroatoms. The van der Waals surface area contributed by atoms with Crippen molar-refractivity contribution in [1.29, 1.82) is 0 Å². The summed E-state index contributed by atoms with van der Waals surface area (Å²) < 4.78 is 26.8. The van der Waals surface area contributed by atoms with Crippen LogP contribution in [0.4, 0.5) is 8.78 Å². The van der Waals surface area contributed by atoms with E-state index in [0.29, 0.717) is 18.9 Å². The molecule has 0 aromatic heterocycles. The number of hydrogen-bond donors (Lipinski definition) is 1. The van der Waals surface area contributed by atoms with Crippen molar-refractivity contribution in [3.05, 3.63) is 35.4 Å². The van der Waals surface area contributed by atoms with Crippen LogP contribution >= 0.6 is 0 Å². The number of hydrogen-bond acceptors (Lipinski definition) is 2. The largest absolute Gasteiger partial charge is 0.389 e. The highest BCUT2D eigenvalue weighted by Crippen LogP contribution is 2.28. The molecule has 1 aliphatic rings. The Morgan fingerprint density at radius 2 is 1.89 bits per heavy atom. The second-order valence-electron chi connectivity index (χ2n) is 5.74. The van der Waals surface area contributed by atoms with Crippen LogP contribution in [0.25, 0.3) is 0 Å². The summed E-state index contributed by atoms with van der Waals surface area (Å²) in [6.07, 6.45) is 1.38. The lowest BCUT2D eigenvalue weighted by Gasteiger charge is -2.40. The first-order valence-corrected chi connectivity index (χ1v) is 6.81. The molecule has 0 saturated carbocycles. The molecule has 0 radical (unpaired) electrons. The summed E-state index contributed by atoms with van der Waals surface area (Å²) in [5.74, 6) is -1.68. The quantitative estimate of drug-likeness (QED) is 0.912. The third kappa shape index (κ3) is 3.31. The molecular weight excluding hydrogens is 248 g/mol. The molecule has 1 aromatic rings. The minimum atomic E-state index is -0.917. The molecule has 0 amide bonds. The SMILES string of the molecule is CC(C)N1CCC(O)(Cc2cccc(F)c2F)CC1. The van der Waals surface area contributed by atoms with Crippen molar-refractivity contribution in [1.82, 2.24) is 4.90 Å². The second kappa shape index (κ2) is 5.55. The van der Waals surface area contributed by atoms with Crippen molar-refractivity contribution in [2.45, 2.75) is 44.8 Å². The molecule has 0 atom stereocenters. The maximum atomic E-state index is 13.6. The molecular formula is C15H21F2NO. The number of likely N-dealkylation sites (tertiary alicyclic amines) is 1. The molecule has 0 bridgehead atoms. The molecule has 2 rings (SSSR count). The fourth-order valence-electron chi connectivity index (χ4n) is 2.67. The van der Waals surface area contributed by atoms with E-state index in [1.165, 1.54) is 6.07 Å². The maximum absolute atomic E-state index is 13.6. The van der Waals surface area contributed by atoms with E-state index in [-0.39, 0.29) is 12.0 Å². The zero-order valence-electron chi connectivity index (χ0n) is 11.5. The number of halogens is 2. The normalized spacial score (nSPS) is 19.9. The van der Waals surface area contributed by atoms with Crippen molar-refractivity contribution in [2.75, 3.05) is 13.1 Å². The molecule has 1 aromatic carbocycles. The van der Waals surface area contributed by atoms with Crippen LogP contribution in [0.15, 0.2) is 18.2 Å². The van der Waals surface area contributed by atoms with Gasteiger partial charge < -0.3 is 10.0 Å². The molecule has 19 heavy (non-hydrogen) atoms. The first-order valence-electron chi connectivity index (χ1n) is 6.81. The van der Waals surface area contributed by atoms with E-state index in [1.54, 1.807) is 6.07 Å². The van der Waals surface area contributed by atoms with Crippen LogP contribution in [-0.4, -0.2) is 34.7 Å². The summed E-state index contributed by atoms with van der Waals surface area (Å²) in [5, 5.41) is 10.5.